The van der Waals surface area contributed by atoms with Crippen molar-refractivity contribution in [2.24, 2.45) is 5.92 Å². The molecule has 1 aromatic rings. The maximum atomic E-state index is 6.18. The molecular weight excluding hydrogens is 236 g/mol. The van der Waals surface area contributed by atoms with Crippen LogP contribution in [0.15, 0.2) is 18.2 Å². The van der Waals surface area contributed by atoms with Crippen molar-refractivity contribution in [3.05, 3.63) is 18.2 Å². The molecule has 3 N–H and O–H groups in total. The first-order valence-corrected chi connectivity index (χ1v) is 7.31. The summed E-state index contributed by atoms with van der Waals surface area (Å²) in [6.45, 7) is 10.7. The number of para-hydroxylation sites is 1. The lowest BCUT2D eigenvalue weighted by Crippen LogP contribution is -2.25. The second-order valence-electron chi connectivity index (χ2n) is 5.39. The molecule has 0 aliphatic carbocycles. The highest BCUT2D eigenvalue weighted by Crippen LogP contribution is 2.31. The standard InChI is InChI=1S/C16H28N2O/c1-6-13(7-2)12(5)18-14-9-8-10-15(16(14)17)19-11(3)4/h8-13,18H,6-7,17H2,1-5H3. The number of nitrogens with one attached hydrogen (secondary N) is 1. The molecule has 0 aliphatic heterocycles. The van der Waals surface area contributed by atoms with Crippen LogP contribution in [0.5, 0.6) is 5.75 Å². The van der Waals surface area contributed by atoms with Crippen LogP contribution in [0.1, 0.15) is 47.5 Å². The Labute approximate surface area is 117 Å². The summed E-state index contributed by atoms with van der Waals surface area (Å²) < 4.78 is 5.72. The van der Waals surface area contributed by atoms with Crippen molar-refractivity contribution in [2.75, 3.05) is 11.1 Å². The molecule has 0 heterocycles. The van der Waals surface area contributed by atoms with Gasteiger partial charge in [-0.15, -0.1) is 0 Å². The van der Waals surface area contributed by atoms with E-state index in [0.717, 1.165) is 11.4 Å². The van der Waals surface area contributed by atoms with Crippen molar-refractivity contribution in [1.82, 2.24) is 0 Å². The Morgan fingerprint density at radius 2 is 1.79 bits per heavy atom. The second-order valence-corrected chi connectivity index (χ2v) is 5.39. The summed E-state index contributed by atoms with van der Waals surface area (Å²) in [6, 6.07) is 6.33. The lowest BCUT2D eigenvalue weighted by Gasteiger charge is -2.25. The lowest BCUT2D eigenvalue weighted by atomic mass is 9.95. The monoisotopic (exact) mass is 264 g/mol. The van der Waals surface area contributed by atoms with E-state index in [4.69, 9.17) is 10.5 Å². The topological polar surface area (TPSA) is 47.3 Å². The predicted octanol–water partition coefficient (Wildman–Crippen LogP) is 4.29. The number of nitrogens with two attached hydrogens (primary N) is 1. The van der Waals surface area contributed by atoms with Crippen LogP contribution < -0.4 is 15.8 Å². The Balaban J connectivity index is 2.84. The Morgan fingerprint density at radius 3 is 2.32 bits per heavy atom. The predicted molar refractivity (Wildman–Crippen MR) is 83.8 cm³/mol. The van der Waals surface area contributed by atoms with Gasteiger partial charge in [-0.3, -0.25) is 0 Å². The fourth-order valence-electron chi connectivity index (χ4n) is 2.39. The largest absolute Gasteiger partial charge is 0.489 e. The molecule has 0 aliphatic rings. The average Bonchev–Trinajstić information content (AvgIpc) is 2.35. The molecule has 0 fully saturated rings. The van der Waals surface area contributed by atoms with Gasteiger partial charge in [-0.25, -0.2) is 0 Å². The van der Waals surface area contributed by atoms with Crippen LogP contribution in [-0.2, 0) is 0 Å². The number of benzene rings is 1. The van der Waals surface area contributed by atoms with Crippen LogP contribution in [0.3, 0.4) is 0 Å². The summed E-state index contributed by atoms with van der Waals surface area (Å²) in [6.07, 6.45) is 2.48. The van der Waals surface area contributed by atoms with Gasteiger partial charge < -0.3 is 15.8 Å². The minimum absolute atomic E-state index is 0.133. The van der Waals surface area contributed by atoms with E-state index in [1.807, 2.05) is 32.0 Å². The molecular formula is C16H28N2O. The minimum Gasteiger partial charge on any atom is -0.489 e. The smallest absolute Gasteiger partial charge is 0.144 e. The molecule has 3 heteroatoms. The highest BCUT2D eigenvalue weighted by molar-refractivity contribution is 5.73. The number of ether oxygens (including phenoxy) is 1. The molecule has 108 valence electrons. The van der Waals surface area contributed by atoms with Crippen molar-refractivity contribution in [2.45, 2.75) is 59.6 Å². The minimum atomic E-state index is 0.133. The number of rotatable bonds is 7. The highest BCUT2D eigenvalue weighted by atomic mass is 16.5. The van der Waals surface area contributed by atoms with Crippen molar-refractivity contribution in [3.8, 4) is 5.75 Å². The molecule has 1 atom stereocenters. The van der Waals surface area contributed by atoms with Crippen LogP contribution in [0.25, 0.3) is 0 Å². The molecule has 0 amide bonds. The fourth-order valence-corrected chi connectivity index (χ4v) is 2.39. The van der Waals surface area contributed by atoms with E-state index in [2.05, 4.69) is 26.1 Å². The van der Waals surface area contributed by atoms with Gasteiger partial charge in [0.05, 0.1) is 17.5 Å². The van der Waals surface area contributed by atoms with Gasteiger partial charge in [-0.2, -0.15) is 0 Å². The number of hydrogen-bond acceptors (Lipinski definition) is 3. The molecule has 1 aromatic carbocycles. The molecule has 19 heavy (non-hydrogen) atoms. The van der Waals surface area contributed by atoms with E-state index >= 15 is 0 Å². The zero-order valence-corrected chi connectivity index (χ0v) is 12.9. The molecule has 1 rings (SSSR count). The van der Waals surface area contributed by atoms with E-state index in [1.54, 1.807) is 0 Å². The number of hydrogen-bond donors (Lipinski definition) is 2. The van der Waals surface area contributed by atoms with Gasteiger partial charge in [-0.05, 0) is 38.8 Å². The van der Waals surface area contributed by atoms with Crippen LogP contribution in [0.4, 0.5) is 11.4 Å². The van der Waals surface area contributed by atoms with Gasteiger partial charge in [0.15, 0.2) is 0 Å². The molecule has 0 aromatic heterocycles. The fraction of sp³-hybridized carbons (Fsp3) is 0.625. The summed E-state index contributed by atoms with van der Waals surface area (Å²) >= 11 is 0. The SMILES string of the molecule is CCC(CC)C(C)Nc1cccc(OC(C)C)c1N. The van der Waals surface area contributed by atoms with E-state index in [-0.39, 0.29) is 6.10 Å². The third-order valence-corrected chi connectivity index (χ3v) is 3.57. The second kappa shape index (κ2) is 7.27. The summed E-state index contributed by atoms with van der Waals surface area (Å²) in [5, 5.41) is 3.52. The molecule has 0 radical (unpaired) electrons. The maximum absolute atomic E-state index is 6.18. The van der Waals surface area contributed by atoms with E-state index in [0.29, 0.717) is 17.6 Å². The lowest BCUT2D eigenvalue weighted by molar-refractivity contribution is 0.244. The molecule has 0 bridgehead atoms. The quantitative estimate of drug-likeness (QED) is 0.722. The normalized spacial score (nSPS) is 12.8. The van der Waals surface area contributed by atoms with Crippen LogP contribution in [0, 0.1) is 5.92 Å². The first-order chi connectivity index (χ1) is 8.99. The Hall–Kier alpha value is -1.38. The summed E-state index contributed by atoms with van der Waals surface area (Å²) in [5.41, 5.74) is 7.85. The van der Waals surface area contributed by atoms with Gasteiger partial charge in [-0.1, -0.05) is 32.8 Å². The van der Waals surface area contributed by atoms with Gasteiger partial charge in [0.1, 0.15) is 5.75 Å². The summed E-state index contributed by atoms with van der Waals surface area (Å²) in [5.74, 6) is 1.42. The molecule has 0 spiro atoms. The van der Waals surface area contributed by atoms with Crippen LogP contribution >= 0.6 is 0 Å². The first kappa shape index (κ1) is 15.7. The van der Waals surface area contributed by atoms with Gasteiger partial charge in [0.25, 0.3) is 0 Å². The number of nitrogen functional groups attached to an aromatic ring is 1. The Morgan fingerprint density at radius 1 is 1.16 bits per heavy atom. The van der Waals surface area contributed by atoms with Gasteiger partial charge in [0, 0.05) is 6.04 Å². The third-order valence-electron chi connectivity index (χ3n) is 3.57. The third kappa shape index (κ3) is 4.34. The Bertz CT molecular complexity index is 386. The number of anilines is 2. The highest BCUT2D eigenvalue weighted by Gasteiger charge is 2.15. The zero-order valence-electron chi connectivity index (χ0n) is 12.9. The van der Waals surface area contributed by atoms with E-state index in [1.165, 1.54) is 12.8 Å². The van der Waals surface area contributed by atoms with E-state index in [9.17, 15) is 0 Å². The van der Waals surface area contributed by atoms with Crippen molar-refractivity contribution in [1.29, 1.82) is 0 Å². The summed E-state index contributed by atoms with van der Waals surface area (Å²) in [7, 11) is 0. The van der Waals surface area contributed by atoms with Crippen LogP contribution in [-0.4, -0.2) is 12.1 Å². The van der Waals surface area contributed by atoms with E-state index < -0.39 is 0 Å². The van der Waals surface area contributed by atoms with Gasteiger partial charge in [0.2, 0.25) is 0 Å². The average molecular weight is 264 g/mol. The molecule has 3 nitrogen and oxygen atoms in total. The zero-order chi connectivity index (χ0) is 14.4. The molecule has 0 saturated heterocycles. The van der Waals surface area contributed by atoms with Crippen molar-refractivity contribution >= 4 is 11.4 Å². The Kier molecular flexibility index (Phi) is 6.00. The molecule has 1 unspecified atom stereocenters. The van der Waals surface area contributed by atoms with Gasteiger partial charge >= 0.3 is 0 Å². The van der Waals surface area contributed by atoms with Crippen molar-refractivity contribution in [3.63, 3.8) is 0 Å². The maximum Gasteiger partial charge on any atom is 0.144 e. The van der Waals surface area contributed by atoms with Crippen LogP contribution in [0.2, 0.25) is 0 Å². The first-order valence-electron chi connectivity index (χ1n) is 7.31. The summed E-state index contributed by atoms with van der Waals surface area (Å²) in [4.78, 5) is 0. The molecule has 0 saturated carbocycles. The van der Waals surface area contributed by atoms with Crippen molar-refractivity contribution < 1.29 is 4.74 Å².